The van der Waals surface area contributed by atoms with Gasteiger partial charge < -0.3 is 4.74 Å². The maximum Gasteiger partial charge on any atom is 0.168 e. The fourth-order valence-corrected chi connectivity index (χ4v) is 6.47. The van der Waals surface area contributed by atoms with E-state index in [-0.39, 0.29) is 29.3 Å². The first-order valence-electron chi connectivity index (χ1n) is 9.90. The number of allylic oxidation sites excluding steroid dienone is 3. The van der Waals surface area contributed by atoms with Crippen LogP contribution in [0.4, 0.5) is 0 Å². The maximum absolute atomic E-state index is 13.4. The summed E-state index contributed by atoms with van der Waals surface area (Å²) in [4.78, 5) is 26.6. The predicted molar refractivity (Wildman–Crippen MR) is 96.9 cm³/mol. The van der Waals surface area contributed by atoms with E-state index in [2.05, 4.69) is 6.08 Å². The van der Waals surface area contributed by atoms with Gasteiger partial charge in [-0.3, -0.25) is 9.59 Å². The zero-order valence-electron chi connectivity index (χ0n) is 14.7. The number of Topliss-reactive ketones (excluding diaryl/α,β-unsaturated/α-hetero) is 2. The fraction of sp³-hybridized carbons (Fsp3) is 0.478. The molecule has 5 atom stereocenters. The summed E-state index contributed by atoms with van der Waals surface area (Å²) in [6.45, 7) is 1.59. The highest BCUT2D eigenvalue weighted by atomic mass is 16.5. The molecule has 1 fully saturated rings. The molecule has 1 aliphatic heterocycles. The molecular formula is C23H22O3. The third kappa shape index (κ3) is 1.82. The lowest BCUT2D eigenvalue weighted by molar-refractivity contribution is 0.0397. The third-order valence-corrected chi connectivity index (χ3v) is 7.50. The van der Waals surface area contributed by atoms with Gasteiger partial charge in [-0.05, 0) is 43.1 Å². The lowest BCUT2D eigenvalue weighted by Crippen LogP contribution is -2.49. The minimum absolute atomic E-state index is 0.146. The molecule has 132 valence electrons. The van der Waals surface area contributed by atoms with Crippen LogP contribution >= 0.6 is 0 Å². The second-order valence-corrected chi connectivity index (χ2v) is 8.58. The Morgan fingerprint density at radius 2 is 1.81 bits per heavy atom. The van der Waals surface area contributed by atoms with E-state index < -0.39 is 0 Å². The normalized spacial score (nSPS) is 37.5. The fourth-order valence-electron chi connectivity index (χ4n) is 6.47. The van der Waals surface area contributed by atoms with Gasteiger partial charge in [0.25, 0.3) is 0 Å². The monoisotopic (exact) mass is 346 g/mol. The summed E-state index contributed by atoms with van der Waals surface area (Å²) >= 11 is 0. The summed E-state index contributed by atoms with van der Waals surface area (Å²) in [5.74, 6) is 1.36. The van der Waals surface area contributed by atoms with Gasteiger partial charge in [0.2, 0.25) is 0 Å². The number of ketones is 2. The molecule has 0 radical (unpaired) electrons. The van der Waals surface area contributed by atoms with E-state index in [1.807, 2.05) is 24.3 Å². The molecule has 3 nitrogen and oxygen atoms in total. The first kappa shape index (κ1) is 15.1. The van der Waals surface area contributed by atoms with Crippen molar-refractivity contribution in [2.24, 2.45) is 29.6 Å². The van der Waals surface area contributed by atoms with E-state index in [4.69, 9.17) is 4.74 Å². The van der Waals surface area contributed by atoms with Crippen molar-refractivity contribution in [2.75, 3.05) is 13.2 Å². The number of ether oxygens (including phenoxy) is 1. The molecule has 0 spiro atoms. The molecule has 0 bridgehead atoms. The molecule has 1 aromatic carbocycles. The third-order valence-electron chi connectivity index (χ3n) is 7.50. The van der Waals surface area contributed by atoms with E-state index in [0.29, 0.717) is 23.0 Å². The Morgan fingerprint density at radius 3 is 2.65 bits per heavy atom. The summed E-state index contributed by atoms with van der Waals surface area (Å²) in [7, 11) is 0. The second-order valence-electron chi connectivity index (χ2n) is 8.58. The molecule has 0 unspecified atom stereocenters. The molecule has 4 aliphatic carbocycles. The zero-order chi connectivity index (χ0) is 17.4. The van der Waals surface area contributed by atoms with Gasteiger partial charge in [-0.1, -0.05) is 41.5 Å². The molecule has 1 heterocycles. The van der Waals surface area contributed by atoms with Gasteiger partial charge in [0, 0.05) is 28.9 Å². The first-order valence-corrected chi connectivity index (χ1v) is 9.90. The summed E-state index contributed by atoms with van der Waals surface area (Å²) in [5, 5.41) is 0. The van der Waals surface area contributed by atoms with Crippen LogP contribution in [0.3, 0.4) is 0 Å². The average molecular weight is 346 g/mol. The molecule has 0 saturated carbocycles. The molecule has 6 rings (SSSR count). The van der Waals surface area contributed by atoms with Gasteiger partial charge in [0.15, 0.2) is 11.6 Å². The Balaban J connectivity index is 1.51. The summed E-state index contributed by atoms with van der Waals surface area (Å²) in [6.07, 6.45) is 6.25. The summed E-state index contributed by atoms with van der Waals surface area (Å²) < 4.78 is 5.83. The highest BCUT2D eigenvalue weighted by Crippen LogP contribution is 2.57. The molecule has 1 aromatic rings. The average Bonchev–Trinajstić information content (AvgIpc) is 2.69. The van der Waals surface area contributed by atoms with Gasteiger partial charge in [0.05, 0.1) is 13.2 Å². The molecule has 0 N–H and O–H groups in total. The molecule has 26 heavy (non-hydrogen) atoms. The molecule has 3 heteroatoms. The van der Waals surface area contributed by atoms with E-state index in [1.165, 1.54) is 16.7 Å². The Kier molecular flexibility index (Phi) is 3.05. The number of hydrogen-bond acceptors (Lipinski definition) is 3. The van der Waals surface area contributed by atoms with Crippen LogP contribution in [-0.2, 0) is 4.74 Å². The number of benzene rings is 1. The van der Waals surface area contributed by atoms with Gasteiger partial charge in [-0.25, -0.2) is 0 Å². The topological polar surface area (TPSA) is 43.4 Å². The summed E-state index contributed by atoms with van der Waals surface area (Å²) in [5.41, 5.74) is 5.75. The molecule has 5 aliphatic rings. The largest absolute Gasteiger partial charge is 0.377 e. The van der Waals surface area contributed by atoms with Gasteiger partial charge in [0.1, 0.15) is 0 Å². The minimum atomic E-state index is -0.157. The Labute approximate surface area is 153 Å². The second kappa shape index (κ2) is 5.26. The van der Waals surface area contributed by atoms with Gasteiger partial charge >= 0.3 is 0 Å². The zero-order valence-corrected chi connectivity index (χ0v) is 14.7. The molecule has 1 saturated heterocycles. The lowest BCUT2D eigenvalue weighted by atomic mass is 9.52. The SMILES string of the molecule is O=C1c2ccccc2C(=O)[C@@H]2CC3=C4[C@@H]5C(=CC[C@@H]4[C@H]12)COC[C@H]5CC3. The van der Waals surface area contributed by atoms with Crippen LogP contribution in [0.15, 0.2) is 47.1 Å². The van der Waals surface area contributed by atoms with Crippen molar-refractivity contribution in [3.05, 3.63) is 58.2 Å². The van der Waals surface area contributed by atoms with Crippen molar-refractivity contribution < 1.29 is 14.3 Å². The first-order chi connectivity index (χ1) is 12.7. The highest BCUT2D eigenvalue weighted by Gasteiger charge is 2.53. The van der Waals surface area contributed by atoms with Crippen LogP contribution in [-0.4, -0.2) is 24.8 Å². The number of carbonyl (C=O) groups excluding carboxylic acids is 2. The number of carbonyl (C=O) groups is 2. The van der Waals surface area contributed by atoms with E-state index in [1.54, 1.807) is 0 Å². The van der Waals surface area contributed by atoms with Crippen molar-refractivity contribution in [3.8, 4) is 0 Å². The molecule has 0 aromatic heterocycles. The number of fused-ring (bicyclic) bond motifs is 3. The Bertz CT molecular complexity index is 906. The number of hydrogen-bond donors (Lipinski definition) is 0. The van der Waals surface area contributed by atoms with Crippen LogP contribution in [0, 0.1) is 29.6 Å². The standard InChI is InChI=1S/C23H22O3/c24-22-15-3-1-2-4-16(15)23(25)21-17-8-7-14-11-26-10-13-6-5-12(9-18(21)22)20(17)19(13)14/h1-4,7,13,17-19,21H,5-6,8-11H2/t13-,17+,18-,19+,21+/m1/s1. The smallest absolute Gasteiger partial charge is 0.168 e. The maximum atomic E-state index is 13.4. The van der Waals surface area contributed by atoms with Gasteiger partial charge in [-0.2, -0.15) is 0 Å². The van der Waals surface area contributed by atoms with E-state index in [9.17, 15) is 9.59 Å². The quantitative estimate of drug-likeness (QED) is 0.667. The highest BCUT2D eigenvalue weighted by molar-refractivity contribution is 6.16. The lowest BCUT2D eigenvalue weighted by Gasteiger charge is -2.52. The predicted octanol–water partition coefficient (Wildman–Crippen LogP) is 4.00. The van der Waals surface area contributed by atoms with Crippen molar-refractivity contribution in [2.45, 2.75) is 25.7 Å². The number of rotatable bonds is 0. The summed E-state index contributed by atoms with van der Waals surface area (Å²) in [6, 6.07) is 7.44. The van der Waals surface area contributed by atoms with Crippen molar-refractivity contribution in [3.63, 3.8) is 0 Å². The van der Waals surface area contributed by atoms with Crippen LogP contribution in [0.2, 0.25) is 0 Å². The van der Waals surface area contributed by atoms with Crippen molar-refractivity contribution >= 4 is 11.6 Å². The molecular weight excluding hydrogens is 324 g/mol. The van der Waals surface area contributed by atoms with E-state index >= 15 is 0 Å². The minimum Gasteiger partial charge on any atom is -0.377 e. The molecule has 0 amide bonds. The van der Waals surface area contributed by atoms with E-state index in [0.717, 1.165) is 38.9 Å². The Hall–Kier alpha value is -2.00. The van der Waals surface area contributed by atoms with Gasteiger partial charge in [-0.15, -0.1) is 0 Å². The van der Waals surface area contributed by atoms with Crippen LogP contribution in [0.25, 0.3) is 0 Å². The van der Waals surface area contributed by atoms with Crippen molar-refractivity contribution in [1.82, 2.24) is 0 Å². The van der Waals surface area contributed by atoms with Crippen molar-refractivity contribution in [1.29, 1.82) is 0 Å². The van der Waals surface area contributed by atoms with Crippen LogP contribution in [0.1, 0.15) is 46.4 Å². The Morgan fingerprint density at radius 1 is 1.00 bits per heavy atom. The van der Waals surface area contributed by atoms with Crippen LogP contribution in [0.5, 0.6) is 0 Å². The van der Waals surface area contributed by atoms with Crippen LogP contribution < -0.4 is 0 Å².